The molecule has 0 aliphatic rings. The summed E-state index contributed by atoms with van der Waals surface area (Å²) < 4.78 is 5.48. The number of hydrogen-bond acceptors (Lipinski definition) is 5. The van der Waals surface area contributed by atoms with Gasteiger partial charge >= 0.3 is 5.97 Å². The van der Waals surface area contributed by atoms with Crippen molar-refractivity contribution in [1.82, 2.24) is 5.32 Å². The number of esters is 1. The van der Waals surface area contributed by atoms with Crippen molar-refractivity contribution in [3.05, 3.63) is 24.3 Å². The molecule has 0 heterocycles. The second-order valence-electron chi connectivity index (χ2n) is 22.5. The van der Waals surface area contributed by atoms with E-state index in [4.69, 9.17) is 4.74 Å². The predicted octanol–water partition coefficient (Wildman–Crippen LogP) is 20.6. The number of allylic oxidation sites excluding steroid dienone is 3. The smallest absolute Gasteiger partial charge is 0.305 e. The highest BCUT2D eigenvalue weighted by molar-refractivity contribution is 5.76. The van der Waals surface area contributed by atoms with Crippen LogP contribution in [-0.4, -0.2) is 47.4 Å². The summed E-state index contributed by atoms with van der Waals surface area (Å²) in [6.07, 6.45) is 76.8. The average molecular weight is 1010 g/mol. The minimum absolute atomic E-state index is 0.0107. The van der Waals surface area contributed by atoms with Gasteiger partial charge in [-0.05, 0) is 57.8 Å². The van der Waals surface area contributed by atoms with E-state index in [2.05, 4.69) is 31.3 Å². The third kappa shape index (κ3) is 57.6. The van der Waals surface area contributed by atoms with Crippen molar-refractivity contribution in [2.75, 3.05) is 13.2 Å². The first-order valence-electron chi connectivity index (χ1n) is 32.6. The number of amides is 1. The number of aliphatic hydroxyl groups excluding tert-OH is 2. The summed E-state index contributed by atoms with van der Waals surface area (Å²) in [5.74, 6) is -0.0527. The fourth-order valence-corrected chi connectivity index (χ4v) is 10.2. The van der Waals surface area contributed by atoms with Gasteiger partial charge in [-0.3, -0.25) is 9.59 Å². The van der Waals surface area contributed by atoms with Gasteiger partial charge in [-0.15, -0.1) is 0 Å². The SMILES string of the molecule is CCCCCC/C=C\CCCCCCCC(=O)OCCCCCCCCCCCCCCCCCCCCCCCCCCCCCCCCC(=O)NC(CO)C(O)/C=C/CCCCCCCCCCCC. The minimum atomic E-state index is -0.840. The maximum Gasteiger partial charge on any atom is 0.305 e. The Labute approximate surface area is 450 Å². The van der Waals surface area contributed by atoms with Gasteiger partial charge in [-0.1, -0.05) is 314 Å². The van der Waals surface area contributed by atoms with Crippen LogP contribution in [0.1, 0.15) is 361 Å². The largest absolute Gasteiger partial charge is 0.466 e. The Morgan fingerprint density at radius 2 is 0.653 bits per heavy atom. The lowest BCUT2D eigenvalue weighted by molar-refractivity contribution is -0.143. The Balaban J connectivity index is 3.33. The van der Waals surface area contributed by atoms with Crippen LogP contribution >= 0.6 is 0 Å². The molecular formula is C66H127NO5. The van der Waals surface area contributed by atoms with Gasteiger partial charge in [0.05, 0.1) is 25.4 Å². The number of carbonyl (C=O) groups excluding carboxylic acids is 2. The lowest BCUT2D eigenvalue weighted by atomic mass is 10.0. The van der Waals surface area contributed by atoms with Gasteiger partial charge in [-0.2, -0.15) is 0 Å². The highest BCUT2D eigenvalue weighted by Gasteiger charge is 2.18. The fourth-order valence-electron chi connectivity index (χ4n) is 10.2. The van der Waals surface area contributed by atoms with Gasteiger partial charge in [-0.25, -0.2) is 0 Å². The molecule has 426 valence electrons. The Kier molecular flexibility index (Phi) is 60.5. The van der Waals surface area contributed by atoms with Gasteiger partial charge in [0.15, 0.2) is 0 Å². The summed E-state index contributed by atoms with van der Waals surface area (Å²) in [5, 5.41) is 23.1. The van der Waals surface area contributed by atoms with E-state index in [-0.39, 0.29) is 18.5 Å². The summed E-state index contributed by atoms with van der Waals surface area (Å²) in [6, 6.07) is -0.623. The van der Waals surface area contributed by atoms with Gasteiger partial charge in [0.1, 0.15) is 0 Å². The van der Waals surface area contributed by atoms with E-state index in [1.807, 2.05) is 6.08 Å². The van der Waals surface area contributed by atoms with Crippen LogP contribution in [0.4, 0.5) is 0 Å². The highest BCUT2D eigenvalue weighted by Crippen LogP contribution is 2.18. The summed E-state index contributed by atoms with van der Waals surface area (Å²) in [5.41, 5.74) is 0. The lowest BCUT2D eigenvalue weighted by Crippen LogP contribution is -2.45. The fraction of sp³-hybridized carbons (Fsp3) is 0.909. The molecule has 0 saturated heterocycles. The number of hydrogen-bond donors (Lipinski definition) is 3. The van der Waals surface area contributed by atoms with Crippen LogP contribution < -0.4 is 5.32 Å². The first-order valence-corrected chi connectivity index (χ1v) is 32.6. The molecule has 0 bridgehead atoms. The number of rotatable bonds is 61. The number of carbonyl (C=O) groups is 2. The van der Waals surface area contributed by atoms with Crippen molar-refractivity contribution in [2.24, 2.45) is 0 Å². The second kappa shape index (κ2) is 61.9. The first kappa shape index (κ1) is 70.3. The van der Waals surface area contributed by atoms with Gasteiger partial charge in [0.2, 0.25) is 5.91 Å². The van der Waals surface area contributed by atoms with E-state index in [1.54, 1.807) is 6.08 Å². The molecule has 0 aliphatic carbocycles. The molecule has 6 heteroatoms. The van der Waals surface area contributed by atoms with Crippen LogP contribution in [0.3, 0.4) is 0 Å². The number of ether oxygens (including phenoxy) is 1. The summed E-state index contributed by atoms with van der Waals surface area (Å²) in [4.78, 5) is 24.5. The molecular weight excluding hydrogens is 887 g/mol. The molecule has 0 saturated carbocycles. The van der Waals surface area contributed by atoms with Crippen molar-refractivity contribution in [3.63, 3.8) is 0 Å². The Bertz CT molecular complexity index is 1120. The molecule has 6 nitrogen and oxygen atoms in total. The molecule has 0 aromatic heterocycles. The first-order chi connectivity index (χ1) is 35.5. The number of unbranched alkanes of at least 4 members (excludes halogenated alkanes) is 48. The highest BCUT2D eigenvalue weighted by atomic mass is 16.5. The maximum absolute atomic E-state index is 12.4. The van der Waals surface area contributed by atoms with Crippen molar-refractivity contribution in [2.45, 2.75) is 373 Å². The van der Waals surface area contributed by atoms with E-state index in [0.717, 1.165) is 44.9 Å². The Morgan fingerprint density at radius 3 is 1.00 bits per heavy atom. The summed E-state index contributed by atoms with van der Waals surface area (Å²) in [7, 11) is 0. The molecule has 1 amide bonds. The van der Waals surface area contributed by atoms with E-state index >= 15 is 0 Å². The number of aliphatic hydroxyl groups is 2. The molecule has 0 aromatic carbocycles. The molecule has 72 heavy (non-hydrogen) atoms. The molecule has 0 radical (unpaired) electrons. The summed E-state index contributed by atoms with van der Waals surface area (Å²) in [6.45, 7) is 4.90. The van der Waals surface area contributed by atoms with Crippen LogP contribution in [0.5, 0.6) is 0 Å². The number of nitrogens with one attached hydrogen (secondary N) is 1. The third-order valence-electron chi connectivity index (χ3n) is 15.2. The van der Waals surface area contributed by atoms with Crippen LogP contribution in [0.2, 0.25) is 0 Å². The molecule has 0 aliphatic heterocycles. The van der Waals surface area contributed by atoms with E-state index in [0.29, 0.717) is 19.4 Å². The Morgan fingerprint density at radius 1 is 0.375 bits per heavy atom. The van der Waals surface area contributed by atoms with Crippen molar-refractivity contribution in [3.8, 4) is 0 Å². The van der Waals surface area contributed by atoms with Gasteiger partial charge in [0, 0.05) is 12.8 Å². The third-order valence-corrected chi connectivity index (χ3v) is 15.2. The zero-order valence-electron chi connectivity index (χ0n) is 48.7. The van der Waals surface area contributed by atoms with E-state index in [9.17, 15) is 19.8 Å². The van der Waals surface area contributed by atoms with Crippen LogP contribution in [0.15, 0.2) is 24.3 Å². The maximum atomic E-state index is 12.4. The zero-order valence-corrected chi connectivity index (χ0v) is 48.7. The zero-order chi connectivity index (χ0) is 52.2. The topological polar surface area (TPSA) is 95.9 Å². The molecule has 2 atom stereocenters. The van der Waals surface area contributed by atoms with E-state index in [1.165, 1.54) is 289 Å². The lowest BCUT2D eigenvalue weighted by Gasteiger charge is -2.20. The van der Waals surface area contributed by atoms with Crippen molar-refractivity contribution in [1.29, 1.82) is 0 Å². The Hall–Kier alpha value is -1.66. The van der Waals surface area contributed by atoms with Gasteiger partial charge < -0.3 is 20.3 Å². The molecule has 0 rings (SSSR count). The monoisotopic (exact) mass is 1010 g/mol. The minimum Gasteiger partial charge on any atom is -0.466 e. The summed E-state index contributed by atoms with van der Waals surface area (Å²) >= 11 is 0. The van der Waals surface area contributed by atoms with Crippen molar-refractivity contribution < 1.29 is 24.5 Å². The normalized spacial score (nSPS) is 12.7. The second-order valence-corrected chi connectivity index (χ2v) is 22.5. The molecule has 0 fully saturated rings. The quantitative estimate of drug-likeness (QED) is 0.0320. The van der Waals surface area contributed by atoms with Crippen molar-refractivity contribution >= 4 is 11.9 Å². The van der Waals surface area contributed by atoms with E-state index < -0.39 is 12.1 Å². The molecule has 0 spiro atoms. The molecule has 2 unspecified atom stereocenters. The van der Waals surface area contributed by atoms with Crippen LogP contribution in [0, 0.1) is 0 Å². The average Bonchev–Trinajstić information content (AvgIpc) is 3.38. The standard InChI is InChI=1S/C66H127NO5/c1-3-5-7-9-11-13-15-35-40-44-48-52-56-60-66(71)72-61-57-53-49-45-41-37-34-32-30-28-26-24-22-20-18-17-19-21-23-25-27-29-31-33-36-39-43-47-51-55-59-65(70)67-63(62-68)64(69)58-54-50-46-42-38-16-14-12-10-8-6-4-2/h13,15,54,58,63-64,68-69H,3-12,14,16-53,55-57,59-62H2,1-2H3,(H,67,70)/b15-13-,58-54+. The molecule has 0 aromatic rings. The van der Waals surface area contributed by atoms with Crippen LogP contribution in [0.25, 0.3) is 0 Å². The van der Waals surface area contributed by atoms with Crippen LogP contribution in [-0.2, 0) is 14.3 Å². The predicted molar refractivity (Wildman–Crippen MR) is 315 cm³/mol. The van der Waals surface area contributed by atoms with Gasteiger partial charge in [0.25, 0.3) is 0 Å². The molecule has 3 N–H and O–H groups in total.